The summed E-state index contributed by atoms with van der Waals surface area (Å²) in [5.74, 6) is -1.21. The van der Waals surface area contributed by atoms with Crippen molar-refractivity contribution < 1.29 is 23.5 Å². The van der Waals surface area contributed by atoms with Crippen LogP contribution in [0.2, 0.25) is 0 Å². The van der Waals surface area contributed by atoms with Crippen molar-refractivity contribution in [3.05, 3.63) is 35.6 Å². The molecule has 1 aromatic carbocycles. The van der Waals surface area contributed by atoms with Gasteiger partial charge >= 0.3 is 5.97 Å². The molecule has 1 fully saturated rings. The van der Waals surface area contributed by atoms with Gasteiger partial charge in [-0.3, -0.25) is 14.4 Å². The lowest BCUT2D eigenvalue weighted by molar-refractivity contribution is -0.152. The summed E-state index contributed by atoms with van der Waals surface area (Å²) in [6.07, 6.45) is 1.08. The van der Waals surface area contributed by atoms with Gasteiger partial charge in [-0.2, -0.15) is 0 Å². The zero-order valence-electron chi connectivity index (χ0n) is 14.5. The fraction of sp³-hybridized carbons (Fsp3) is 0.500. The highest BCUT2D eigenvalue weighted by molar-refractivity contribution is 5.96. The Morgan fingerprint density at radius 1 is 1.24 bits per heavy atom. The number of ether oxygens (including phenoxy) is 1. The summed E-state index contributed by atoms with van der Waals surface area (Å²) in [5.41, 5.74) is 0.111. The van der Waals surface area contributed by atoms with E-state index in [1.807, 2.05) is 0 Å². The molecule has 0 unspecified atom stereocenters. The molecule has 1 aromatic rings. The van der Waals surface area contributed by atoms with Crippen LogP contribution in [0.15, 0.2) is 24.3 Å². The van der Waals surface area contributed by atoms with Gasteiger partial charge < -0.3 is 15.0 Å². The number of rotatable bonds is 5. The number of piperidine rings is 1. The minimum atomic E-state index is -0.712. The quantitative estimate of drug-likeness (QED) is 0.819. The minimum absolute atomic E-state index is 0.111. The fourth-order valence-corrected chi connectivity index (χ4v) is 3.04. The van der Waals surface area contributed by atoms with Crippen LogP contribution in [0.4, 0.5) is 4.39 Å². The Kier molecular flexibility index (Phi) is 6.50. The molecule has 0 radical (unpaired) electrons. The largest absolute Gasteiger partial charge is 0.454 e. The van der Waals surface area contributed by atoms with Gasteiger partial charge in [-0.25, -0.2) is 4.39 Å². The van der Waals surface area contributed by atoms with Crippen molar-refractivity contribution in [2.75, 3.05) is 26.2 Å². The van der Waals surface area contributed by atoms with Gasteiger partial charge in [0.2, 0.25) is 0 Å². The smallest absolute Gasteiger partial charge is 0.325 e. The van der Waals surface area contributed by atoms with E-state index < -0.39 is 17.7 Å². The lowest BCUT2D eigenvalue weighted by atomic mass is 9.92. The molecule has 0 spiro atoms. The third-order valence-electron chi connectivity index (χ3n) is 4.06. The van der Waals surface area contributed by atoms with Crippen LogP contribution in [0, 0.1) is 17.7 Å². The second kappa shape index (κ2) is 8.60. The van der Waals surface area contributed by atoms with E-state index in [2.05, 4.69) is 19.2 Å². The number of benzene rings is 1. The number of carbonyl (C=O) groups is 3. The Labute approximate surface area is 146 Å². The van der Waals surface area contributed by atoms with Crippen molar-refractivity contribution in [2.45, 2.75) is 20.3 Å². The number of amides is 2. The highest BCUT2D eigenvalue weighted by atomic mass is 19.1. The van der Waals surface area contributed by atoms with Crippen molar-refractivity contribution in [3.8, 4) is 0 Å². The first-order valence-electron chi connectivity index (χ1n) is 8.32. The number of esters is 1. The van der Waals surface area contributed by atoms with Crippen molar-refractivity contribution in [3.63, 3.8) is 0 Å². The van der Waals surface area contributed by atoms with Gasteiger partial charge in [-0.1, -0.05) is 19.9 Å². The SMILES string of the molecule is C[C@@H]1C[C@@H](C)CN(C(=O)COC(=O)CNC(=O)c2cccc(F)c2)C1. The first-order valence-corrected chi connectivity index (χ1v) is 8.32. The maximum Gasteiger partial charge on any atom is 0.325 e. The van der Waals surface area contributed by atoms with Gasteiger partial charge in [0.15, 0.2) is 6.61 Å². The molecule has 2 rings (SSSR count). The van der Waals surface area contributed by atoms with Crippen molar-refractivity contribution >= 4 is 17.8 Å². The fourth-order valence-electron chi connectivity index (χ4n) is 3.04. The van der Waals surface area contributed by atoms with Gasteiger partial charge in [0.25, 0.3) is 11.8 Å². The van der Waals surface area contributed by atoms with Crippen LogP contribution >= 0.6 is 0 Å². The zero-order valence-corrected chi connectivity index (χ0v) is 14.5. The van der Waals surface area contributed by atoms with Crippen molar-refractivity contribution in [2.24, 2.45) is 11.8 Å². The van der Waals surface area contributed by atoms with E-state index in [4.69, 9.17) is 4.74 Å². The van der Waals surface area contributed by atoms with E-state index in [0.717, 1.165) is 12.5 Å². The molecule has 0 aromatic heterocycles. The van der Waals surface area contributed by atoms with Crippen LogP contribution in [-0.2, 0) is 14.3 Å². The predicted molar refractivity (Wildman–Crippen MR) is 89.2 cm³/mol. The Morgan fingerprint density at radius 3 is 2.56 bits per heavy atom. The average Bonchev–Trinajstić information content (AvgIpc) is 2.56. The summed E-state index contributed by atoms with van der Waals surface area (Å²) in [4.78, 5) is 37.3. The summed E-state index contributed by atoms with van der Waals surface area (Å²) >= 11 is 0. The monoisotopic (exact) mass is 350 g/mol. The Balaban J connectivity index is 1.73. The molecule has 1 heterocycles. The zero-order chi connectivity index (χ0) is 18.4. The first-order chi connectivity index (χ1) is 11.8. The molecule has 6 nitrogen and oxygen atoms in total. The normalized spacial score (nSPS) is 20.0. The van der Waals surface area contributed by atoms with Crippen LogP contribution < -0.4 is 5.32 Å². The third kappa shape index (κ3) is 5.85. The lowest BCUT2D eigenvalue weighted by Crippen LogP contribution is -2.44. The van der Waals surface area contributed by atoms with Gasteiger partial charge in [0, 0.05) is 18.7 Å². The maximum absolute atomic E-state index is 13.1. The number of nitrogens with one attached hydrogen (secondary N) is 1. The van der Waals surface area contributed by atoms with Crippen molar-refractivity contribution in [1.82, 2.24) is 10.2 Å². The lowest BCUT2D eigenvalue weighted by Gasteiger charge is -2.34. The first kappa shape index (κ1) is 18.9. The van der Waals surface area contributed by atoms with E-state index in [-0.39, 0.29) is 24.6 Å². The molecule has 136 valence electrons. The van der Waals surface area contributed by atoms with Gasteiger partial charge in [0.05, 0.1) is 0 Å². The van der Waals surface area contributed by atoms with E-state index in [1.54, 1.807) is 4.90 Å². The molecule has 1 N–H and O–H groups in total. The van der Waals surface area contributed by atoms with Crippen LogP contribution in [0.1, 0.15) is 30.6 Å². The van der Waals surface area contributed by atoms with Crippen LogP contribution in [0.25, 0.3) is 0 Å². The summed E-state index contributed by atoms with van der Waals surface area (Å²) in [7, 11) is 0. The van der Waals surface area contributed by atoms with Gasteiger partial charge in [-0.15, -0.1) is 0 Å². The molecule has 1 aliphatic heterocycles. The summed E-state index contributed by atoms with van der Waals surface area (Å²) in [5, 5.41) is 2.34. The highest BCUT2D eigenvalue weighted by Gasteiger charge is 2.25. The standard InChI is InChI=1S/C18H23FN2O4/c1-12-6-13(2)10-21(9-12)16(22)11-25-17(23)8-20-18(24)14-4-3-5-15(19)7-14/h3-5,7,12-13H,6,8-11H2,1-2H3,(H,20,24)/t12-,13-/m1/s1. The number of hydrogen-bond acceptors (Lipinski definition) is 4. The minimum Gasteiger partial charge on any atom is -0.454 e. The van der Waals surface area contributed by atoms with Gasteiger partial charge in [0.1, 0.15) is 12.4 Å². The number of likely N-dealkylation sites (tertiary alicyclic amines) is 1. The number of nitrogens with zero attached hydrogens (tertiary/aromatic N) is 1. The molecule has 0 saturated carbocycles. The van der Waals surface area contributed by atoms with E-state index in [1.165, 1.54) is 18.2 Å². The Morgan fingerprint density at radius 2 is 1.92 bits per heavy atom. The predicted octanol–water partition coefficient (Wildman–Crippen LogP) is 1.60. The molecule has 2 amide bonds. The second-order valence-corrected chi connectivity index (χ2v) is 6.60. The molecular weight excluding hydrogens is 327 g/mol. The molecule has 0 aliphatic carbocycles. The molecular formula is C18H23FN2O4. The topological polar surface area (TPSA) is 75.7 Å². The Hall–Kier alpha value is -2.44. The van der Waals surface area contributed by atoms with E-state index >= 15 is 0 Å². The summed E-state index contributed by atoms with van der Waals surface area (Å²) in [6, 6.07) is 5.13. The highest BCUT2D eigenvalue weighted by Crippen LogP contribution is 2.20. The summed E-state index contributed by atoms with van der Waals surface area (Å²) in [6.45, 7) is 4.78. The van der Waals surface area contributed by atoms with Crippen LogP contribution in [0.5, 0.6) is 0 Å². The summed E-state index contributed by atoms with van der Waals surface area (Å²) < 4.78 is 18.0. The number of carbonyl (C=O) groups excluding carboxylic acids is 3. The molecule has 7 heteroatoms. The van der Waals surface area contributed by atoms with Gasteiger partial charge in [-0.05, 0) is 36.5 Å². The third-order valence-corrected chi connectivity index (χ3v) is 4.06. The van der Waals surface area contributed by atoms with Crippen LogP contribution in [0.3, 0.4) is 0 Å². The maximum atomic E-state index is 13.1. The van der Waals surface area contributed by atoms with E-state index in [0.29, 0.717) is 24.9 Å². The average molecular weight is 350 g/mol. The van der Waals surface area contributed by atoms with E-state index in [9.17, 15) is 18.8 Å². The number of halogens is 1. The molecule has 2 atom stereocenters. The van der Waals surface area contributed by atoms with Crippen molar-refractivity contribution in [1.29, 1.82) is 0 Å². The second-order valence-electron chi connectivity index (χ2n) is 6.60. The van der Waals surface area contributed by atoms with Crippen LogP contribution in [-0.4, -0.2) is 48.9 Å². The number of hydrogen-bond donors (Lipinski definition) is 1. The molecule has 1 saturated heterocycles. The Bertz CT molecular complexity index is 640. The molecule has 1 aliphatic rings. The molecule has 0 bridgehead atoms. The molecule has 25 heavy (non-hydrogen) atoms.